The number of carbonyl (C=O) groups is 1. The molecule has 2 aromatic rings. The summed E-state index contributed by atoms with van der Waals surface area (Å²) >= 11 is 0. The Bertz CT molecular complexity index is 723. The third-order valence-corrected chi connectivity index (χ3v) is 2.46. The molecule has 0 unspecified atom stereocenters. The van der Waals surface area contributed by atoms with Gasteiger partial charge in [0.15, 0.2) is 0 Å². The van der Waals surface area contributed by atoms with E-state index in [-0.39, 0.29) is 22.6 Å². The Morgan fingerprint density at radius 1 is 1.10 bits per heavy atom. The van der Waals surface area contributed by atoms with Crippen LogP contribution in [0, 0.1) is 23.0 Å². The first-order valence-corrected chi connectivity index (χ1v) is 5.41. The lowest BCUT2D eigenvalue weighted by molar-refractivity contribution is 0.0694. The van der Waals surface area contributed by atoms with Gasteiger partial charge < -0.3 is 9.84 Å². The Hall–Kier alpha value is -2.94. The van der Waals surface area contributed by atoms with E-state index >= 15 is 0 Å². The summed E-state index contributed by atoms with van der Waals surface area (Å²) in [6, 6.07) is 7.78. The molecule has 6 heteroatoms. The number of rotatable bonds is 3. The first kappa shape index (κ1) is 13.5. The van der Waals surface area contributed by atoms with Gasteiger partial charge in [0, 0.05) is 6.07 Å². The van der Waals surface area contributed by atoms with Crippen molar-refractivity contribution in [2.24, 2.45) is 0 Å². The number of aromatic carboxylic acids is 1. The highest BCUT2D eigenvalue weighted by atomic mass is 19.1. The van der Waals surface area contributed by atoms with Crippen LogP contribution in [-0.2, 0) is 0 Å². The van der Waals surface area contributed by atoms with Crippen LogP contribution in [-0.4, -0.2) is 11.1 Å². The summed E-state index contributed by atoms with van der Waals surface area (Å²) in [6.45, 7) is 0. The highest BCUT2D eigenvalue weighted by Gasteiger charge is 2.15. The van der Waals surface area contributed by atoms with Crippen molar-refractivity contribution in [1.82, 2.24) is 0 Å². The number of hydrogen-bond acceptors (Lipinski definition) is 3. The van der Waals surface area contributed by atoms with Gasteiger partial charge >= 0.3 is 5.97 Å². The van der Waals surface area contributed by atoms with E-state index in [2.05, 4.69) is 0 Å². The van der Waals surface area contributed by atoms with Crippen molar-refractivity contribution >= 4 is 5.97 Å². The molecule has 1 N–H and O–H groups in total. The third-order valence-electron chi connectivity index (χ3n) is 2.46. The summed E-state index contributed by atoms with van der Waals surface area (Å²) in [6.07, 6.45) is 0. The fourth-order valence-corrected chi connectivity index (χ4v) is 1.55. The van der Waals surface area contributed by atoms with Gasteiger partial charge in [-0.2, -0.15) is 5.26 Å². The van der Waals surface area contributed by atoms with Crippen LogP contribution in [0.1, 0.15) is 15.9 Å². The lowest BCUT2D eigenvalue weighted by atomic mass is 10.2. The van der Waals surface area contributed by atoms with Gasteiger partial charge in [0.2, 0.25) is 0 Å². The number of carboxylic acids is 1. The summed E-state index contributed by atoms with van der Waals surface area (Å²) in [5, 5.41) is 17.8. The van der Waals surface area contributed by atoms with Gasteiger partial charge in [-0.25, -0.2) is 13.6 Å². The Labute approximate surface area is 112 Å². The normalized spacial score (nSPS) is 9.85. The quantitative estimate of drug-likeness (QED) is 0.932. The van der Waals surface area contributed by atoms with Crippen LogP contribution in [0.4, 0.5) is 8.78 Å². The molecule has 0 radical (unpaired) electrons. The molecule has 4 nitrogen and oxygen atoms in total. The molecule has 2 aromatic carbocycles. The van der Waals surface area contributed by atoms with Crippen molar-refractivity contribution in [3.05, 3.63) is 59.2 Å². The highest BCUT2D eigenvalue weighted by Crippen LogP contribution is 2.29. The van der Waals surface area contributed by atoms with E-state index in [4.69, 9.17) is 15.1 Å². The number of nitriles is 1. The van der Waals surface area contributed by atoms with Crippen LogP contribution in [0.25, 0.3) is 0 Å². The summed E-state index contributed by atoms with van der Waals surface area (Å²) in [5.41, 5.74) is -0.384. The minimum absolute atomic E-state index is 0.0537. The van der Waals surface area contributed by atoms with E-state index in [0.29, 0.717) is 0 Å². The van der Waals surface area contributed by atoms with Crippen molar-refractivity contribution in [1.29, 1.82) is 5.26 Å². The molecular formula is C14H7F2NO3. The van der Waals surface area contributed by atoms with Crippen LogP contribution >= 0.6 is 0 Å². The molecule has 0 heterocycles. The van der Waals surface area contributed by atoms with Crippen molar-refractivity contribution in [3.8, 4) is 17.6 Å². The summed E-state index contributed by atoms with van der Waals surface area (Å²) in [5.74, 6) is -2.94. The first-order chi connectivity index (χ1) is 9.51. The zero-order valence-electron chi connectivity index (χ0n) is 9.93. The average Bonchev–Trinajstić information content (AvgIpc) is 2.40. The first-order valence-electron chi connectivity index (χ1n) is 5.41. The molecule has 0 aliphatic heterocycles. The van der Waals surface area contributed by atoms with Crippen molar-refractivity contribution < 1.29 is 23.4 Å². The van der Waals surface area contributed by atoms with E-state index in [1.165, 1.54) is 6.07 Å². The fourth-order valence-electron chi connectivity index (χ4n) is 1.55. The molecule has 0 spiro atoms. The van der Waals surface area contributed by atoms with Crippen LogP contribution < -0.4 is 4.74 Å². The molecule has 0 atom stereocenters. The monoisotopic (exact) mass is 275 g/mol. The second-order valence-electron chi connectivity index (χ2n) is 3.80. The topological polar surface area (TPSA) is 70.3 Å². The Balaban J connectivity index is 2.47. The lowest BCUT2D eigenvalue weighted by Crippen LogP contribution is -2.01. The van der Waals surface area contributed by atoms with Gasteiger partial charge in [-0.3, -0.25) is 0 Å². The molecule has 20 heavy (non-hydrogen) atoms. The van der Waals surface area contributed by atoms with Gasteiger partial charge in [0.05, 0.1) is 5.56 Å². The molecule has 0 saturated heterocycles. The number of nitrogens with zero attached hydrogens (tertiary/aromatic N) is 1. The van der Waals surface area contributed by atoms with E-state index in [9.17, 15) is 13.6 Å². The minimum Gasteiger partial charge on any atom is -0.478 e. The Morgan fingerprint density at radius 2 is 1.75 bits per heavy atom. The van der Waals surface area contributed by atoms with Gasteiger partial charge in [0.25, 0.3) is 0 Å². The van der Waals surface area contributed by atoms with Crippen LogP contribution in [0.3, 0.4) is 0 Å². The molecule has 100 valence electrons. The zero-order chi connectivity index (χ0) is 14.7. The molecule has 0 bridgehead atoms. The lowest BCUT2D eigenvalue weighted by Gasteiger charge is -2.10. The van der Waals surface area contributed by atoms with E-state index in [0.717, 1.165) is 30.3 Å². The van der Waals surface area contributed by atoms with Crippen LogP contribution in [0.5, 0.6) is 11.5 Å². The summed E-state index contributed by atoms with van der Waals surface area (Å²) in [4.78, 5) is 11.0. The zero-order valence-corrected chi connectivity index (χ0v) is 9.93. The number of ether oxygens (including phenoxy) is 1. The van der Waals surface area contributed by atoms with E-state index in [1.54, 1.807) is 6.07 Å². The third kappa shape index (κ3) is 2.72. The molecular weight excluding hydrogens is 268 g/mol. The maximum atomic E-state index is 13.2. The maximum absolute atomic E-state index is 13.2. The Morgan fingerprint density at radius 3 is 2.40 bits per heavy atom. The van der Waals surface area contributed by atoms with E-state index in [1.807, 2.05) is 0 Å². The van der Waals surface area contributed by atoms with Gasteiger partial charge in [-0.15, -0.1) is 0 Å². The second-order valence-corrected chi connectivity index (χ2v) is 3.80. The smallest absolute Gasteiger partial charge is 0.339 e. The molecule has 0 saturated carbocycles. The predicted octanol–water partition coefficient (Wildman–Crippen LogP) is 3.33. The number of hydrogen-bond donors (Lipinski definition) is 1. The maximum Gasteiger partial charge on any atom is 0.339 e. The predicted molar refractivity (Wildman–Crippen MR) is 64.5 cm³/mol. The Kier molecular flexibility index (Phi) is 3.62. The molecule has 0 aromatic heterocycles. The highest BCUT2D eigenvalue weighted by molar-refractivity contribution is 5.91. The SMILES string of the molecule is N#Cc1cc(F)ccc1Oc1cc(F)ccc1C(=O)O. The van der Waals surface area contributed by atoms with Gasteiger partial charge in [-0.1, -0.05) is 0 Å². The van der Waals surface area contributed by atoms with Crippen LogP contribution in [0.2, 0.25) is 0 Å². The average molecular weight is 275 g/mol. The number of benzene rings is 2. The van der Waals surface area contributed by atoms with E-state index < -0.39 is 17.6 Å². The number of halogens is 2. The number of carboxylic acid groups (broad SMARTS) is 1. The molecule has 0 aliphatic carbocycles. The van der Waals surface area contributed by atoms with Crippen molar-refractivity contribution in [3.63, 3.8) is 0 Å². The van der Waals surface area contributed by atoms with Gasteiger partial charge in [0.1, 0.15) is 34.8 Å². The summed E-state index contributed by atoms with van der Waals surface area (Å²) in [7, 11) is 0. The second kappa shape index (κ2) is 5.36. The minimum atomic E-state index is -1.30. The van der Waals surface area contributed by atoms with Crippen molar-refractivity contribution in [2.45, 2.75) is 0 Å². The fraction of sp³-hybridized carbons (Fsp3) is 0. The molecule has 0 fully saturated rings. The van der Waals surface area contributed by atoms with Crippen molar-refractivity contribution in [2.75, 3.05) is 0 Å². The summed E-state index contributed by atoms with van der Waals surface area (Å²) < 4.78 is 31.4. The molecule has 2 rings (SSSR count). The molecule has 0 aliphatic rings. The largest absolute Gasteiger partial charge is 0.478 e. The van der Waals surface area contributed by atoms with Gasteiger partial charge in [-0.05, 0) is 30.3 Å². The standard InChI is InChI=1S/C14H7F2NO3/c15-9-2-4-12(8(5-9)7-17)20-13-6-10(16)1-3-11(13)14(18)19/h1-6H,(H,18,19). The van der Waals surface area contributed by atoms with Crippen LogP contribution in [0.15, 0.2) is 36.4 Å². The molecule has 0 amide bonds.